The second-order valence-electron chi connectivity index (χ2n) is 5.78. The van der Waals surface area contributed by atoms with Gasteiger partial charge in [-0.3, -0.25) is 9.08 Å². The number of nitrogens with zero attached hydrogens (tertiary/aromatic N) is 1. The smallest absolute Gasteiger partial charge is 0.412 e. The Bertz CT molecular complexity index is 939. The maximum absolute atomic E-state index is 12.6. The summed E-state index contributed by atoms with van der Waals surface area (Å²) >= 11 is 0. The first-order chi connectivity index (χ1) is 11.2. The first-order valence-corrected chi connectivity index (χ1v) is 9.98. The molecule has 4 rings (SSSR count). The highest BCUT2D eigenvalue weighted by Crippen LogP contribution is 2.39. The average Bonchev–Trinajstić information content (AvgIpc) is 2.92. The summed E-state index contributed by atoms with van der Waals surface area (Å²) in [7, 11) is -8.53. The van der Waals surface area contributed by atoms with Crippen molar-refractivity contribution in [1.82, 2.24) is 4.90 Å². The lowest BCUT2D eigenvalue weighted by molar-refractivity contribution is -0.0735. The minimum atomic E-state index is -4.30. The number of cyclic esters (lactones) is 1. The number of carbonyl (C=O) groups excluding carboxylic acids is 1. The topological polar surface area (TPSA) is 116 Å². The van der Waals surface area contributed by atoms with Crippen molar-refractivity contribution in [3.63, 3.8) is 0 Å². The van der Waals surface area contributed by atoms with Gasteiger partial charge in [0, 0.05) is 18.5 Å². The number of rotatable bonds is 0. The number of ether oxygens (including phenoxy) is 1. The Labute approximate surface area is 138 Å². The maximum Gasteiger partial charge on any atom is 0.412 e. The van der Waals surface area contributed by atoms with Crippen molar-refractivity contribution in [1.29, 1.82) is 0 Å². The van der Waals surface area contributed by atoms with Crippen LogP contribution in [-0.4, -0.2) is 46.7 Å². The van der Waals surface area contributed by atoms with E-state index in [0.29, 0.717) is 6.42 Å². The van der Waals surface area contributed by atoms with Crippen LogP contribution in [0.5, 0.6) is 0 Å². The van der Waals surface area contributed by atoms with Crippen molar-refractivity contribution >= 4 is 26.3 Å². The fourth-order valence-electron chi connectivity index (χ4n) is 3.12. The summed E-state index contributed by atoms with van der Waals surface area (Å²) in [6.45, 7) is -0.763. The van der Waals surface area contributed by atoms with Crippen molar-refractivity contribution in [2.75, 3.05) is 13.2 Å². The standard InChI is InChI=1S/C13H13NO8S2/c15-12-14-5-1-4-13(14)8-21-24(18,19)11-6-10(23(16,17)22-13)3-2-9(11)7-20-12/h2-3,6H,1,4-5,7-8H2/t13-/m0/s1. The zero-order chi connectivity index (χ0) is 17.2. The van der Waals surface area contributed by atoms with Crippen LogP contribution in [0.25, 0.3) is 0 Å². The largest absolute Gasteiger partial charge is 0.444 e. The number of fused-ring (bicyclic) bond motifs is 3. The Kier molecular flexibility index (Phi) is 3.24. The molecule has 11 heteroatoms. The molecule has 3 bridgehead atoms. The summed E-state index contributed by atoms with van der Waals surface area (Å²) in [6, 6.07) is 3.47. The van der Waals surface area contributed by atoms with Gasteiger partial charge in [0.25, 0.3) is 20.2 Å². The van der Waals surface area contributed by atoms with Crippen LogP contribution in [0.4, 0.5) is 4.79 Å². The molecule has 130 valence electrons. The first-order valence-electron chi connectivity index (χ1n) is 7.16. The van der Waals surface area contributed by atoms with Gasteiger partial charge in [-0.1, -0.05) is 6.07 Å². The van der Waals surface area contributed by atoms with Crippen molar-refractivity contribution in [2.45, 2.75) is 35.0 Å². The van der Waals surface area contributed by atoms with E-state index in [1.165, 1.54) is 12.1 Å². The quantitative estimate of drug-likeness (QED) is 0.604. The third-order valence-electron chi connectivity index (χ3n) is 4.31. The predicted octanol–water partition coefficient (Wildman–Crippen LogP) is 0.553. The van der Waals surface area contributed by atoms with Crippen LogP contribution in [0, 0.1) is 0 Å². The van der Waals surface area contributed by atoms with Gasteiger partial charge in [0.15, 0.2) is 5.72 Å². The molecular weight excluding hydrogens is 362 g/mol. The summed E-state index contributed by atoms with van der Waals surface area (Å²) in [5.41, 5.74) is -1.61. The molecular formula is C13H13NO8S2. The van der Waals surface area contributed by atoms with E-state index in [4.69, 9.17) is 13.1 Å². The van der Waals surface area contributed by atoms with Gasteiger partial charge in [0.1, 0.15) is 18.1 Å². The Morgan fingerprint density at radius 3 is 2.71 bits per heavy atom. The zero-order valence-electron chi connectivity index (χ0n) is 12.3. The molecule has 1 amide bonds. The second-order valence-corrected chi connectivity index (χ2v) is 8.91. The lowest BCUT2D eigenvalue weighted by Gasteiger charge is -2.35. The number of benzene rings is 1. The highest BCUT2D eigenvalue weighted by atomic mass is 32.2. The molecule has 0 N–H and O–H groups in total. The van der Waals surface area contributed by atoms with Gasteiger partial charge in [-0.05, 0) is 18.6 Å². The summed E-state index contributed by atoms with van der Waals surface area (Å²) in [5, 5.41) is 0. The van der Waals surface area contributed by atoms with E-state index in [1.54, 1.807) is 0 Å². The third-order valence-corrected chi connectivity index (χ3v) is 7.02. The van der Waals surface area contributed by atoms with Gasteiger partial charge in [0.05, 0.1) is 4.90 Å². The average molecular weight is 375 g/mol. The van der Waals surface area contributed by atoms with Crippen molar-refractivity contribution < 1.29 is 34.7 Å². The third kappa shape index (κ3) is 2.23. The van der Waals surface area contributed by atoms with Crippen LogP contribution >= 0.6 is 0 Å². The van der Waals surface area contributed by atoms with Crippen molar-refractivity contribution in [2.24, 2.45) is 0 Å². The van der Waals surface area contributed by atoms with Crippen molar-refractivity contribution in [3.05, 3.63) is 23.8 Å². The molecule has 0 saturated carbocycles. The summed E-state index contributed by atoms with van der Waals surface area (Å²) in [4.78, 5) is 12.8. The van der Waals surface area contributed by atoms with Crippen LogP contribution < -0.4 is 0 Å². The van der Waals surface area contributed by atoms with Gasteiger partial charge >= 0.3 is 6.09 Å². The van der Waals surface area contributed by atoms with Crippen molar-refractivity contribution in [3.8, 4) is 0 Å². The van der Waals surface area contributed by atoms with E-state index in [1.807, 2.05) is 0 Å². The molecule has 1 aromatic rings. The van der Waals surface area contributed by atoms with E-state index in [9.17, 15) is 21.6 Å². The van der Waals surface area contributed by atoms with Gasteiger partial charge in [0.2, 0.25) is 0 Å². The molecule has 3 aliphatic heterocycles. The number of hydrogen-bond donors (Lipinski definition) is 0. The van der Waals surface area contributed by atoms with Crippen LogP contribution in [0.1, 0.15) is 18.4 Å². The molecule has 1 aromatic carbocycles. The van der Waals surface area contributed by atoms with Crippen LogP contribution in [0.15, 0.2) is 28.0 Å². The molecule has 0 unspecified atom stereocenters. The Hall–Kier alpha value is -1.69. The number of amides is 1. The lowest BCUT2D eigenvalue weighted by Crippen LogP contribution is -2.54. The molecule has 1 spiro atoms. The normalized spacial score (nSPS) is 30.3. The van der Waals surface area contributed by atoms with Gasteiger partial charge < -0.3 is 4.74 Å². The monoisotopic (exact) mass is 375 g/mol. The van der Waals surface area contributed by atoms with E-state index >= 15 is 0 Å². The van der Waals surface area contributed by atoms with Crippen LogP contribution in [0.2, 0.25) is 0 Å². The molecule has 0 aliphatic carbocycles. The second kappa shape index (κ2) is 4.91. The molecule has 1 fully saturated rings. The zero-order valence-corrected chi connectivity index (χ0v) is 13.9. The van der Waals surface area contributed by atoms with Gasteiger partial charge in [-0.2, -0.15) is 16.8 Å². The maximum atomic E-state index is 12.6. The molecule has 1 saturated heterocycles. The molecule has 1 atom stereocenters. The molecule has 24 heavy (non-hydrogen) atoms. The summed E-state index contributed by atoms with van der Waals surface area (Å²) in [6.07, 6.45) is -0.239. The minimum absolute atomic E-state index is 0.111. The molecule has 0 radical (unpaired) electrons. The summed E-state index contributed by atoms with van der Waals surface area (Å²) < 4.78 is 65.7. The Morgan fingerprint density at radius 1 is 1.12 bits per heavy atom. The van der Waals surface area contributed by atoms with Gasteiger partial charge in [-0.15, -0.1) is 0 Å². The number of carbonyl (C=O) groups is 1. The van der Waals surface area contributed by atoms with E-state index < -0.39 is 38.7 Å². The highest BCUT2D eigenvalue weighted by Gasteiger charge is 2.52. The molecule has 3 heterocycles. The minimum Gasteiger partial charge on any atom is -0.444 e. The Balaban J connectivity index is 2.05. The number of hydrogen-bond acceptors (Lipinski definition) is 8. The van der Waals surface area contributed by atoms with Crippen LogP contribution in [-0.2, 0) is 39.9 Å². The fraction of sp³-hybridized carbons (Fsp3) is 0.462. The Morgan fingerprint density at radius 2 is 1.92 bits per heavy atom. The SMILES string of the molecule is O=C1OCc2ccc3cc2S(=O)(=O)OC[C@]2(CCCN12)OS3(=O)=O. The fourth-order valence-corrected chi connectivity index (χ4v) is 5.60. The highest BCUT2D eigenvalue weighted by molar-refractivity contribution is 7.87. The summed E-state index contributed by atoms with van der Waals surface area (Å²) in [5.74, 6) is 0. The predicted molar refractivity (Wildman–Crippen MR) is 76.7 cm³/mol. The van der Waals surface area contributed by atoms with Crippen LogP contribution in [0.3, 0.4) is 0 Å². The van der Waals surface area contributed by atoms with Gasteiger partial charge in [-0.25, -0.2) is 8.98 Å². The molecule has 9 nitrogen and oxygen atoms in total. The lowest BCUT2D eigenvalue weighted by atomic mass is 10.2. The molecule has 3 aliphatic rings. The van der Waals surface area contributed by atoms with E-state index in [0.717, 1.165) is 11.0 Å². The van der Waals surface area contributed by atoms with E-state index in [2.05, 4.69) is 0 Å². The molecule has 0 aromatic heterocycles. The van der Waals surface area contributed by atoms with E-state index in [-0.39, 0.29) is 34.9 Å². The first kappa shape index (κ1) is 15.8.